The Balaban J connectivity index is 3.16. The van der Waals surface area contributed by atoms with Crippen molar-refractivity contribution in [3.63, 3.8) is 0 Å². The summed E-state index contributed by atoms with van der Waals surface area (Å²) in [7, 11) is 2.24. The fourth-order valence-corrected chi connectivity index (χ4v) is 0.796. The Morgan fingerprint density at radius 1 is 1.50 bits per heavy atom. The maximum Gasteiger partial charge on any atom is 0.150 e. The molecular weight excluding hydrogens is 150 g/mol. The highest BCUT2D eigenvalue weighted by Gasteiger charge is 1.96. The van der Waals surface area contributed by atoms with Crippen molar-refractivity contribution in [2.45, 2.75) is 0 Å². The minimum Gasteiger partial charge on any atom is -0.298 e. The molecule has 0 bridgehead atoms. The summed E-state index contributed by atoms with van der Waals surface area (Å²) in [5, 5.41) is 0.477. The highest BCUT2D eigenvalue weighted by Crippen LogP contribution is 2.01. The van der Waals surface area contributed by atoms with E-state index in [0.29, 0.717) is 17.2 Å². The molecule has 1 nitrogen and oxygen atoms in total. The van der Waals surface area contributed by atoms with E-state index >= 15 is 0 Å². The van der Waals surface area contributed by atoms with E-state index in [9.17, 15) is 9.18 Å². The predicted octanol–water partition coefficient (Wildman–Crippen LogP) is 1.14. The lowest BCUT2D eigenvalue weighted by atomic mass is 10.2. The average molecular weight is 156 g/mol. The molecule has 1 aromatic rings. The van der Waals surface area contributed by atoms with Crippen molar-refractivity contribution >= 4 is 20.8 Å². The molecule has 0 heterocycles. The molecular formula is C7H6FOP. The van der Waals surface area contributed by atoms with Gasteiger partial charge < -0.3 is 0 Å². The molecule has 1 unspecified atom stereocenters. The largest absolute Gasteiger partial charge is 0.298 e. The van der Waals surface area contributed by atoms with Gasteiger partial charge in [-0.1, -0.05) is 12.1 Å². The third-order valence-corrected chi connectivity index (χ3v) is 1.63. The first-order valence-corrected chi connectivity index (χ1v) is 3.32. The van der Waals surface area contributed by atoms with Crippen LogP contribution in [0.1, 0.15) is 10.4 Å². The molecule has 0 saturated carbocycles. The van der Waals surface area contributed by atoms with Gasteiger partial charge in [0.05, 0.1) is 0 Å². The van der Waals surface area contributed by atoms with Crippen molar-refractivity contribution in [3.05, 3.63) is 29.6 Å². The lowest BCUT2D eigenvalue weighted by Crippen LogP contribution is -1.97. The summed E-state index contributed by atoms with van der Waals surface area (Å²) in [6.07, 6.45) is 0.618. The summed E-state index contributed by atoms with van der Waals surface area (Å²) in [6, 6.07) is 4.32. The quantitative estimate of drug-likeness (QED) is 0.440. The van der Waals surface area contributed by atoms with Crippen LogP contribution in [0.3, 0.4) is 0 Å². The molecule has 0 amide bonds. The Hall–Kier alpha value is -0.750. The van der Waals surface area contributed by atoms with Crippen LogP contribution < -0.4 is 5.30 Å². The average Bonchev–Trinajstić information content (AvgIpc) is 1.95. The molecule has 0 saturated heterocycles. The molecule has 0 aliphatic rings. The third kappa shape index (κ3) is 1.39. The Morgan fingerprint density at radius 2 is 2.20 bits per heavy atom. The van der Waals surface area contributed by atoms with E-state index in [1.165, 1.54) is 6.07 Å². The molecule has 0 aliphatic carbocycles. The third-order valence-electron chi connectivity index (χ3n) is 1.16. The van der Waals surface area contributed by atoms with E-state index in [1.54, 1.807) is 12.1 Å². The number of carbonyl (C=O) groups is 1. The van der Waals surface area contributed by atoms with Crippen LogP contribution in [0.2, 0.25) is 0 Å². The number of rotatable bonds is 1. The van der Waals surface area contributed by atoms with Gasteiger partial charge in [0.15, 0.2) is 0 Å². The summed E-state index contributed by atoms with van der Waals surface area (Å²) in [5.74, 6) is -0.366. The first-order chi connectivity index (χ1) is 4.74. The smallest absolute Gasteiger partial charge is 0.150 e. The van der Waals surface area contributed by atoms with Gasteiger partial charge in [0.2, 0.25) is 0 Å². The van der Waals surface area contributed by atoms with E-state index in [4.69, 9.17) is 0 Å². The number of benzene rings is 1. The number of hydrogen-bond donors (Lipinski definition) is 0. The summed E-state index contributed by atoms with van der Waals surface area (Å²) in [4.78, 5) is 10.1. The second-order valence-corrected chi connectivity index (χ2v) is 2.52. The van der Waals surface area contributed by atoms with Gasteiger partial charge in [0.1, 0.15) is 12.1 Å². The monoisotopic (exact) mass is 156 g/mol. The lowest BCUT2D eigenvalue weighted by Gasteiger charge is -1.94. The molecule has 0 spiro atoms. The summed E-state index contributed by atoms with van der Waals surface area (Å²) in [5.41, 5.74) is 0.365. The van der Waals surface area contributed by atoms with Gasteiger partial charge in [-0.15, -0.1) is 9.24 Å². The van der Waals surface area contributed by atoms with Crippen LogP contribution in [0.5, 0.6) is 0 Å². The van der Waals surface area contributed by atoms with Crippen LogP contribution in [0.4, 0.5) is 4.39 Å². The van der Waals surface area contributed by atoms with Crippen LogP contribution >= 0.6 is 9.24 Å². The van der Waals surface area contributed by atoms with Crippen molar-refractivity contribution < 1.29 is 9.18 Å². The van der Waals surface area contributed by atoms with E-state index in [0.717, 1.165) is 0 Å². The number of carbonyl (C=O) groups excluding carboxylic acids is 1. The Labute approximate surface area is 60.5 Å². The zero-order chi connectivity index (χ0) is 7.56. The highest BCUT2D eigenvalue weighted by molar-refractivity contribution is 7.27. The van der Waals surface area contributed by atoms with Crippen LogP contribution in [-0.4, -0.2) is 6.29 Å². The molecule has 0 aliphatic heterocycles. The summed E-state index contributed by atoms with van der Waals surface area (Å²) < 4.78 is 12.6. The molecule has 1 atom stereocenters. The molecule has 10 heavy (non-hydrogen) atoms. The fraction of sp³-hybridized carbons (Fsp3) is 0. The first kappa shape index (κ1) is 7.36. The SMILES string of the molecule is O=Cc1ccc(P)c(F)c1. The Kier molecular flexibility index (Phi) is 2.13. The molecule has 0 radical (unpaired) electrons. The normalized spacial score (nSPS) is 9.40. The van der Waals surface area contributed by atoms with Crippen LogP contribution in [0.15, 0.2) is 18.2 Å². The molecule has 0 fully saturated rings. The van der Waals surface area contributed by atoms with Crippen LogP contribution in [0, 0.1) is 5.82 Å². The summed E-state index contributed by atoms with van der Waals surface area (Å²) in [6.45, 7) is 0. The lowest BCUT2D eigenvalue weighted by molar-refractivity contribution is 0.112. The first-order valence-electron chi connectivity index (χ1n) is 2.74. The van der Waals surface area contributed by atoms with Crippen molar-refractivity contribution in [1.82, 2.24) is 0 Å². The predicted molar refractivity (Wildman–Crippen MR) is 41.1 cm³/mol. The second-order valence-electron chi connectivity index (χ2n) is 1.90. The van der Waals surface area contributed by atoms with Crippen molar-refractivity contribution in [1.29, 1.82) is 0 Å². The minimum absolute atomic E-state index is 0.365. The van der Waals surface area contributed by atoms with Crippen LogP contribution in [-0.2, 0) is 0 Å². The zero-order valence-electron chi connectivity index (χ0n) is 5.17. The van der Waals surface area contributed by atoms with E-state index < -0.39 is 0 Å². The topological polar surface area (TPSA) is 17.1 Å². The minimum atomic E-state index is -0.366. The zero-order valence-corrected chi connectivity index (χ0v) is 6.33. The highest BCUT2D eigenvalue weighted by atomic mass is 31.0. The van der Waals surface area contributed by atoms with Gasteiger partial charge in [0.25, 0.3) is 0 Å². The number of hydrogen-bond acceptors (Lipinski definition) is 1. The van der Waals surface area contributed by atoms with Crippen LogP contribution in [0.25, 0.3) is 0 Å². The fourth-order valence-electron chi connectivity index (χ4n) is 0.617. The molecule has 52 valence electrons. The number of halogens is 1. The van der Waals surface area contributed by atoms with Gasteiger partial charge in [-0.3, -0.25) is 4.79 Å². The molecule has 0 N–H and O–H groups in total. The molecule has 1 rings (SSSR count). The van der Waals surface area contributed by atoms with Gasteiger partial charge in [0, 0.05) is 10.9 Å². The van der Waals surface area contributed by atoms with Gasteiger partial charge in [-0.2, -0.15) is 0 Å². The van der Waals surface area contributed by atoms with Crippen molar-refractivity contribution in [2.75, 3.05) is 0 Å². The molecule has 1 aromatic carbocycles. The second kappa shape index (κ2) is 2.89. The molecule has 3 heteroatoms. The Morgan fingerprint density at radius 3 is 2.70 bits per heavy atom. The molecule has 0 aromatic heterocycles. The maximum atomic E-state index is 12.6. The number of aldehydes is 1. The summed E-state index contributed by atoms with van der Waals surface area (Å²) >= 11 is 0. The van der Waals surface area contributed by atoms with Crippen molar-refractivity contribution in [2.24, 2.45) is 0 Å². The standard InChI is InChI=1S/C7H6FOP/c8-6-3-5(4-9)1-2-7(6)10/h1-4H,10H2. The van der Waals surface area contributed by atoms with Gasteiger partial charge in [-0.05, 0) is 6.07 Å². The van der Waals surface area contributed by atoms with Crippen molar-refractivity contribution in [3.8, 4) is 0 Å². The Bertz CT molecular complexity index is 260. The maximum absolute atomic E-state index is 12.6. The van der Waals surface area contributed by atoms with E-state index in [2.05, 4.69) is 9.24 Å². The van der Waals surface area contributed by atoms with Gasteiger partial charge in [-0.25, -0.2) is 4.39 Å². The van der Waals surface area contributed by atoms with E-state index in [1.807, 2.05) is 0 Å². The van der Waals surface area contributed by atoms with E-state index in [-0.39, 0.29) is 5.82 Å². The van der Waals surface area contributed by atoms with Gasteiger partial charge >= 0.3 is 0 Å².